The molecule has 2 nitrogen and oxygen atoms in total. The van der Waals surface area contributed by atoms with Gasteiger partial charge in [-0.2, -0.15) is 0 Å². The molecule has 2 rings (SSSR count). The van der Waals surface area contributed by atoms with Crippen molar-refractivity contribution in [1.29, 1.82) is 0 Å². The molecule has 1 atom stereocenters. The number of ether oxygens (including phenoxy) is 1. The summed E-state index contributed by atoms with van der Waals surface area (Å²) in [4.78, 5) is 0. The van der Waals surface area contributed by atoms with Crippen molar-refractivity contribution < 1.29 is 4.74 Å². The van der Waals surface area contributed by atoms with E-state index in [0.717, 1.165) is 17.7 Å². The first-order valence-corrected chi connectivity index (χ1v) is 6.92. The van der Waals surface area contributed by atoms with E-state index in [4.69, 9.17) is 10.5 Å². The predicted molar refractivity (Wildman–Crippen MR) is 84.2 cm³/mol. The molecule has 0 aliphatic heterocycles. The van der Waals surface area contributed by atoms with Crippen LogP contribution >= 0.6 is 0 Å². The van der Waals surface area contributed by atoms with Crippen LogP contribution in [-0.2, 0) is 12.0 Å². The van der Waals surface area contributed by atoms with Gasteiger partial charge in [0.1, 0.15) is 5.75 Å². The van der Waals surface area contributed by atoms with Gasteiger partial charge < -0.3 is 10.5 Å². The lowest BCUT2D eigenvalue weighted by atomic mass is 9.83. The lowest BCUT2D eigenvalue weighted by Crippen LogP contribution is -2.36. The summed E-state index contributed by atoms with van der Waals surface area (Å²) in [5.74, 6) is 0.918. The summed E-state index contributed by atoms with van der Waals surface area (Å²) in [5, 5.41) is 0. The van der Waals surface area contributed by atoms with Crippen molar-refractivity contribution in [1.82, 2.24) is 0 Å². The zero-order valence-electron chi connectivity index (χ0n) is 12.7. The first-order valence-electron chi connectivity index (χ1n) is 6.92. The first-order chi connectivity index (χ1) is 9.44. The molecule has 0 bridgehead atoms. The van der Waals surface area contributed by atoms with E-state index >= 15 is 0 Å². The maximum atomic E-state index is 6.59. The Morgan fingerprint density at radius 1 is 1.05 bits per heavy atom. The van der Waals surface area contributed by atoms with Gasteiger partial charge >= 0.3 is 0 Å². The summed E-state index contributed by atoms with van der Waals surface area (Å²) in [6.45, 7) is 6.24. The molecular weight excluding hydrogens is 246 g/mol. The van der Waals surface area contributed by atoms with E-state index in [-0.39, 0.29) is 5.54 Å². The van der Waals surface area contributed by atoms with E-state index in [1.54, 1.807) is 7.11 Å². The summed E-state index contributed by atoms with van der Waals surface area (Å²) in [6, 6.07) is 14.6. The third-order valence-electron chi connectivity index (χ3n) is 3.77. The second-order valence-corrected chi connectivity index (χ2v) is 5.72. The Kier molecular flexibility index (Phi) is 4.15. The highest BCUT2D eigenvalue weighted by molar-refractivity contribution is 5.45. The van der Waals surface area contributed by atoms with Crippen LogP contribution in [0.25, 0.3) is 0 Å². The van der Waals surface area contributed by atoms with E-state index in [9.17, 15) is 0 Å². The van der Waals surface area contributed by atoms with Crippen molar-refractivity contribution in [3.8, 4) is 5.75 Å². The minimum absolute atomic E-state index is 0.386. The van der Waals surface area contributed by atoms with E-state index in [0.29, 0.717) is 0 Å². The molecule has 0 aliphatic carbocycles. The van der Waals surface area contributed by atoms with Crippen LogP contribution in [0.2, 0.25) is 0 Å². The maximum Gasteiger partial charge on any atom is 0.122 e. The van der Waals surface area contributed by atoms with Gasteiger partial charge in [-0.05, 0) is 55.5 Å². The molecule has 0 aromatic heterocycles. The number of hydrogen-bond donors (Lipinski definition) is 1. The lowest BCUT2D eigenvalue weighted by Gasteiger charge is -2.28. The zero-order chi connectivity index (χ0) is 14.8. The third-order valence-corrected chi connectivity index (χ3v) is 3.77. The van der Waals surface area contributed by atoms with Crippen LogP contribution in [0.4, 0.5) is 0 Å². The molecule has 2 aromatic carbocycles. The van der Waals surface area contributed by atoms with Crippen LogP contribution in [-0.4, -0.2) is 7.11 Å². The van der Waals surface area contributed by atoms with Crippen molar-refractivity contribution >= 4 is 0 Å². The van der Waals surface area contributed by atoms with Crippen molar-refractivity contribution in [2.45, 2.75) is 32.7 Å². The molecule has 2 N–H and O–H groups in total. The van der Waals surface area contributed by atoms with Crippen LogP contribution in [0.5, 0.6) is 5.75 Å². The van der Waals surface area contributed by atoms with Gasteiger partial charge in [0.15, 0.2) is 0 Å². The van der Waals surface area contributed by atoms with Crippen molar-refractivity contribution in [2.75, 3.05) is 7.11 Å². The number of hydrogen-bond acceptors (Lipinski definition) is 2. The second kappa shape index (κ2) is 5.68. The normalized spacial score (nSPS) is 13.8. The summed E-state index contributed by atoms with van der Waals surface area (Å²) < 4.78 is 5.37. The molecule has 0 amide bonds. The Morgan fingerprint density at radius 3 is 2.30 bits per heavy atom. The molecule has 20 heavy (non-hydrogen) atoms. The van der Waals surface area contributed by atoms with Crippen molar-refractivity contribution in [3.63, 3.8) is 0 Å². The third kappa shape index (κ3) is 3.02. The smallest absolute Gasteiger partial charge is 0.122 e. The van der Waals surface area contributed by atoms with Crippen LogP contribution in [0.15, 0.2) is 42.5 Å². The first kappa shape index (κ1) is 14.6. The van der Waals surface area contributed by atoms with Gasteiger partial charge in [0.25, 0.3) is 0 Å². The molecular formula is C18H23NO. The Bertz CT molecular complexity index is 588. The summed E-state index contributed by atoms with van der Waals surface area (Å²) in [7, 11) is 1.70. The van der Waals surface area contributed by atoms with Gasteiger partial charge in [-0.1, -0.05) is 36.4 Å². The Balaban J connectivity index is 2.36. The Labute approximate surface area is 121 Å². The molecule has 0 fully saturated rings. The molecule has 0 aliphatic rings. The number of aryl methyl sites for hydroxylation is 2. The highest BCUT2D eigenvalue weighted by atomic mass is 16.5. The Morgan fingerprint density at radius 2 is 1.70 bits per heavy atom. The van der Waals surface area contributed by atoms with Gasteiger partial charge in [0.05, 0.1) is 7.11 Å². The molecule has 0 saturated heterocycles. The monoisotopic (exact) mass is 269 g/mol. The van der Waals surface area contributed by atoms with Gasteiger partial charge in [-0.25, -0.2) is 0 Å². The number of nitrogens with two attached hydrogens (primary N) is 1. The summed E-state index contributed by atoms with van der Waals surface area (Å²) >= 11 is 0. The predicted octanol–water partition coefficient (Wildman–Crippen LogP) is 3.73. The van der Waals surface area contributed by atoms with E-state index in [1.165, 1.54) is 16.7 Å². The number of methoxy groups -OCH3 is 1. The molecule has 106 valence electrons. The highest BCUT2D eigenvalue weighted by Gasteiger charge is 2.24. The maximum absolute atomic E-state index is 6.59. The van der Waals surface area contributed by atoms with Gasteiger partial charge in [-0.15, -0.1) is 0 Å². The molecule has 0 heterocycles. The highest BCUT2D eigenvalue weighted by Crippen LogP contribution is 2.30. The summed E-state index contributed by atoms with van der Waals surface area (Å²) in [6.07, 6.45) is 0.820. The van der Waals surface area contributed by atoms with Crippen molar-refractivity contribution in [2.24, 2.45) is 5.73 Å². The Hall–Kier alpha value is -1.80. The molecule has 0 saturated carbocycles. The quantitative estimate of drug-likeness (QED) is 0.918. The number of rotatable bonds is 4. The fourth-order valence-corrected chi connectivity index (χ4v) is 2.74. The average molecular weight is 269 g/mol. The van der Waals surface area contributed by atoms with Gasteiger partial charge in [0, 0.05) is 5.54 Å². The van der Waals surface area contributed by atoms with Gasteiger partial charge in [0.2, 0.25) is 0 Å². The van der Waals surface area contributed by atoms with Crippen LogP contribution in [0, 0.1) is 13.8 Å². The van der Waals surface area contributed by atoms with E-state index < -0.39 is 0 Å². The van der Waals surface area contributed by atoms with E-state index in [1.807, 2.05) is 6.07 Å². The molecule has 0 spiro atoms. The second-order valence-electron chi connectivity index (χ2n) is 5.72. The fraction of sp³-hybridized carbons (Fsp3) is 0.333. The SMILES string of the molecule is COc1cc(C)c(C(C)(N)Cc2ccccc2)cc1C. The topological polar surface area (TPSA) is 35.2 Å². The minimum atomic E-state index is -0.386. The fourth-order valence-electron chi connectivity index (χ4n) is 2.74. The average Bonchev–Trinajstić information content (AvgIpc) is 2.41. The van der Waals surface area contributed by atoms with Crippen LogP contribution in [0.3, 0.4) is 0 Å². The molecule has 2 heteroatoms. The molecule has 0 radical (unpaired) electrons. The van der Waals surface area contributed by atoms with E-state index in [2.05, 4.69) is 57.2 Å². The minimum Gasteiger partial charge on any atom is -0.496 e. The van der Waals surface area contributed by atoms with Crippen LogP contribution < -0.4 is 10.5 Å². The zero-order valence-corrected chi connectivity index (χ0v) is 12.7. The van der Waals surface area contributed by atoms with Crippen molar-refractivity contribution in [3.05, 3.63) is 64.7 Å². The van der Waals surface area contributed by atoms with Crippen LogP contribution in [0.1, 0.15) is 29.2 Å². The largest absolute Gasteiger partial charge is 0.496 e. The van der Waals surface area contributed by atoms with Gasteiger partial charge in [-0.3, -0.25) is 0 Å². The lowest BCUT2D eigenvalue weighted by molar-refractivity contribution is 0.409. The number of benzene rings is 2. The standard InChI is InChI=1S/C18H23NO/c1-13-11-17(20-4)14(2)10-16(13)18(3,19)12-15-8-6-5-7-9-15/h5-11H,12,19H2,1-4H3. The molecule has 2 aromatic rings. The summed E-state index contributed by atoms with van der Waals surface area (Å²) in [5.41, 5.74) is 10.9. The molecule has 1 unspecified atom stereocenters.